The van der Waals surface area contributed by atoms with Crippen LogP contribution in [0.15, 0.2) is 118 Å². The average Bonchev–Trinajstić information content (AvgIpc) is 1.60. The van der Waals surface area contributed by atoms with E-state index in [9.17, 15) is 0 Å². The van der Waals surface area contributed by atoms with E-state index in [1.165, 1.54) is 316 Å². The van der Waals surface area contributed by atoms with Crippen LogP contribution in [0.5, 0.6) is 0 Å². The molecule has 0 spiro atoms. The summed E-state index contributed by atoms with van der Waals surface area (Å²) in [4.78, 5) is 20.3. The third-order valence-electron chi connectivity index (χ3n) is 23.8. The van der Waals surface area contributed by atoms with Crippen LogP contribution in [0.25, 0.3) is 68.6 Å². The summed E-state index contributed by atoms with van der Waals surface area (Å²) in [7, 11) is -4.32. The SMILES string of the molecule is CCCCCCCCCCCCCCCCCCCCCCCC(CCCCCCCC)c1c2nc(c(Br)c3ccc([nH]3)c([SiH]3c4ccccc4-c4cccc(C(C)(CCCCCCC)CCCCCCCC)c43)c3nc(c(Br)c4cc([SiH]5c6ccccc6-c6ccccc65)c1[nH]4)C=C3)C=C2. The number of halogens is 2. The zero-order valence-electron chi connectivity index (χ0n) is 63.3. The number of hydrogen-bond donors (Lipinski definition) is 2. The van der Waals surface area contributed by atoms with Crippen molar-refractivity contribution in [3.63, 3.8) is 0 Å². The van der Waals surface area contributed by atoms with E-state index in [0.29, 0.717) is 5.92 Å². The number of unbranched alkanes of at least 4 members (excludes halogenated alkanes) is 34. The quantitative estimate of drug-likeness (QED) is 0.0295. The fraction of sp³-hybridized carbons (Fsp3) is 0.527. The fourth-order valence-corrected chi connectivity index (χ4v) is 26.6. The number of aromatic nitrogens is 4. The summed E-state index contributed by atoms with van der Waals surface area (Å²) < 4.78 is 2.03. The van der Waals surface area contributed by atoms with Crippen molar-refractivity contribution in [2.75, 3.05) is 0 Å². The first kappa shape index (κ1) is 77.0. The molecule has 4 aliphatic rings. The molecule has 4 aromatic carbocycles. The minimum absolute atomic E-state index is 0.0514. The second kappa shape index (κ2) is 40.4. The van der Waals surface area contributed by atoms with Crippen molar-refractivity contribution in [3.05, 3.63) is 152 Å². The van der Waals surface area contributed by atoms with Crippen LogP contribution >= 0.6 is 31.9 Å². The Labute approximate surface area is 632 Å². The van der Waals surface area contributed by atoms with Crippen LogP contribution in [-0.4, -0.2) is 37.5 Å². The van der Waals surface area contributed by atoms with Crippen LogP contribution in [0.1, 0.15) is 344 Å². The molecule has 101 heavy (non-hydrogen) atoms. The van der Waals surface area contributed by atoms with E-state index < -0.39 is 17.6 Å². The van der Waals surface area contributed by atoms with E-state index in [4.69, 9.17) is 9.97 Å². The van der Waals surface area contributed by atoms with Crippen molar-refractivity contribution in [1.82, 2.24) is 19.9 Å². The number of nitrogens with zero attached hydrogens (tertiary/aromatic N) is 2. The second-order valence-electron chi connectivity index (χ2n) is 31.4. The highest BCUT2D eigenvalue weighted by Crippen LogP contribution is 2.41. The molecule has 3 unspecified atom stereocenters. The molecular formula is C93H126Br2N4Si2. The van der Waals surface area contributed by atoms with Gasteiger partial charge in [0.2, 0.25) is 0 Å². The van der Waals surface area contributed by atoms with Crippen LogP contribution in [0.2, 0.25) is 0 Å². The average molecular weight is 1520 g/mol. The van der Waals surface area contributed by atoms with E-state index in [0.717, 1.165) is 61.1 Å². The minimum atomic E-state index is -2.26. The Kier molecular flexibility index (Phi) is 30.8. The molecule has 3 atom stereocenters. The summed E-state index contributed by atoms with van der Waals surface area (Å²) in [6.45, 7) is 12.0. The van der Waals surface area contributed by atoms with Crippen LogP contribution in [0.3, 0.4) is 0 Å². The Hall–Kier alpha value is -5.13. The third kappa shape index (κ3) is 19.9. The lowest BCUT2D eigenvalue weighted by Gasteiger charge is -2.34. The third-order valence-corrected chi connectivity index (χ3v) is 32.3. The van der Waals surface area contributed by atoms with Gasteiger partial charge in [-0.3, -0.25) is 0 Å². The molecule has 7 aromatic rings. The molecule has 0 saturated heterocycles. The Morgan fingerprint density at radius 3 is 1.21 bits per heavy atom. The molecule has 0 fully saturated rings. The van der Waals surface area contributed by atoms with Gasteiger partial charge < -0.3 is 9.97 Å². The fourth-order valence-electron chi connectivity index (χ4n) is 18.1. The highest BCUT2D eigenvalue weighted by molar-refractivity contribution is 9.11. The van der Waals surface area contributed by atoms with Gasteiger partial charge in [-0.1, -0.05) is 370 Å². The summed E-state index contributed by atoms with van der Waals surface area (Å²) in [5, 5.41) is 8.98. The molecule has 8 heteroatoms. The first-order valence-electron chi connectivity index (χ1n) is 41.7. The van der Waals surface area contributed by atoms with Gasteiger partial charge in [-0.25, -0.2) is 9.97 Å². The van der Waals surface area contributed by atoms with E-state index in [1.807, 2.05) is 0 Å². The van der Waals surface area contributed by atoms with E-state index >= 15 is 0 Å². The number of H-pyrrole nitrogens is 2. The van der Waals surface area contributed by atoms with Crippen molar-refractivity contribution < 1.29 is 0 Å². The number of benzene rings is 4. The molecule has 11 rings (SSSR count). The molecule has 7 heterocycles. The summed E-state index contributed by atoms with van der Waals surface area (Å²) >= 11 is 8.75. The number of aromatic amines is 2. The molecule has 4 nitrogen and oxygen atoms in total. The van der Waals surface area contributed by atoms with Gasteiger partial charge in [0.15, 0.2) is 0 Å². The topological polar surface area (TPSA) is 57.4 Å². The molecule has 8 bridgehead atoms. The van der Waals surface area contributed by atoms with Crippen molar-refractivity contribution in [1.29, 1.82) is 0 Å². The summed E-state index contributed by atoms with van der Waals surface area (Å²) in [5.41, 5.74) is 17.5. The highest BCUT2D eigenvalue weighted by atomic mass is 79.9. The molecule has 2 N–H and O–H groups in total. The van der Waals surface area contributed by atoms with Gasteiger partial charge in [0.05, 0.1) is 42.8 Å². The highest BCUT2D eigenvalue weighted by Gasteiger charge is 2.41. The summed E-state index contributed by atoms with van der Waals surface area (Å²) in [5.74, 6) is 0.338. The lowest BCUT2D eigenvalue weighted by atomic mass is 9.73. The predicted octanol–water partition coefficient (Wildman–Crippen LogP) is 25.4. The molecule has 4 aliphatic heterocycles. The van der Waals surface area contributed by atoms with Crippen molar-refractivity contribution >= 4 is 127 Å². The largest absolute Gasteiger partial charge is 0.355 e. The summed E-state index contributed by atoms with van der Waals surface area (Å²) in [6.07, 6.45) is 65.8. The Balaban J connectivity index is 0.962. The van der Waals surface area contributed by atoms with Crippen molar-refractivity contribution in [2.45, 2.75) is 316 Å². The van der Waals surface area contributed by atoms with Gasteiger partial charge in [0.25, 0.3) is 0 Å². The van der Waals surface area contributed by atoms with Crippen molar-refractivity contribution in [3.8, 4) is 22.3 Å². The van der Waals surface area contributed by atoms with Gasteiger partial charge in [-0.2, -0.15) is 0 Å². The van der Waals surface area contributed by atoms with Gasteiger partial charge in [0, 0.05) is 16.6 Å². The Morgan fingerprint density at radius 2 is 0.723 bits per heavy atom. The van der Waals surface area contributed by atoms with Gasteiger partial charge >= 0.3 is 0 Å². The van der Waals surface area contributed by atoms with Gasteiger partial charge in [-0.15, -0.1) is 0 Å². The van der Waals surface area contributed by atoms with Crippen LogP contribution in [-0.2, 0) is 5.41 Å². The lowest BCUT2D eigenvalue weighted by molar-refractivity contribution is 0.364. The monoisotopic (exact) mass is 1510 g/mol. The smallest absolute Gasteiger partial charge is 0.140 e. The molecule has 540 valence electrons. The molecule has 0 aliphatic carbocycles. The zero-order chi connectivity index (χ0) is 70.0. The molecule has 3 aromatic heterocycles. The van der Waals surface area contributed by atoms with Gasteiger partial charge in [-0.05, 0) is 170 Å². The van der Waals surface area contributed by atoms with E-state index in [-0.39, 0.29) is 5.41 Å². The maximum absolute atomic E-state index is 5.93. The van der Waals surface area contributed by atoms with E-state index in [2.05, 4.69) is 210 Å². The van der Waals surface area contributed by atoms with Crippen LogP contribution in [0, 0.1) is 0 Å². The predicted molar refractivity (Wildman–Crippen MR) is 457 cm³/mol. The van der Waals surface area contributed by atoms with Gasteiger partial charge in [0.1, 0.15) is 17.6 Å². The molecule has 0 saturated carbocycles. The maximum Gasteiger partial charge on any atom is 0.140 e. The second-order valence-corrected chi connectivity index (χ2v) is 38.4. The maximum atomic E-state index is 5.93. The number of hydrogen-bond acceptors (Lipinski definition) is 2. The first-order valence-corrected chi connectivity index (χ1v) is 46.7. The Morgan fingerprint density at radius 1 is 0.347 bits per heavy atom. The summed E-state index contributed by atoms with van der Waals surface area (Å²) in [6, 6.07) is 43.0. The normalized spacial score (nSPS) is 14.6. The number of rotatable bonds is 46. The van der Waals surface area contributed by atoms with Crippen molar-refractivity contribution in [2.24, 2.45) is 0 Å². The van der Waals surface area contributed by atoms with Crippen LogP contribution < -0.4 is 31.1 Å². The zero-order valence-corrected chi connectivity index (χ0v) is 68.8. The number of nitrogens with one attached hydrogen (secondary N) is 2. The molecule has 0 amide bonds. The van der Waals surface area contributed by atoms with Crippen LogP contribution in [0.4, 0.5) is 0 Å². The van der Waals surface area contributed by atoms with E-state index in [1.54, 1.807) is 10.8 Å². The lowest BCUT2D eigenvalue weighted by Crippen LogP contribution is -2.53. The molecule has 0 radical (unpaired) electrons. The number of fused-ring (bicyclic) bond motifs is 14. The Bertz CT molecular complexity index is 3940. The minimum Gasteiger partial charge on any atom is -0.355 e. The first-order chi connectivity index (χ1) is 49.8. The standard InChI is InChI=1S/C93H126Br2N4Si2/c1-6-10-14-18-21-22-23-24-25-26-27-28-29-30-31-32-33-34-35-37-41-52-70(51-40-36-19-15-11-7-2)87-76-61-62-77(96-76)88(94)78-63-65-80(97-78)92(81-66-64-79(98-81)89(95)82-69-86(90(87)99-82)100-83-58-45-42-53-71(83)72-54-43-46-59-84(72)100)101-85-60-47-44-55-73(85)74-56-50-57-75(91(74)101)93(5,67-48-38-17-13-9-4)68-49-39-20-16-12-8-3/h42-47,50,53-66,69-70,97,99-101H,6-41,48-49,51-52,67-68H2,1-5H3. The molecular weight excluding hydrogens is 1390 g/mol.